The summed E-state index contributed by atoms with van der Waals surface area (Å²) in [6, 6.07) is 7.51. The van der Waals surface area contributed by atoms with E-state index in [1.54, 1.807) is 7.11 Å². The molecule has 19 heavy (non-hydrogen) atoms. The van der Waals surface area contributed by atoms with E-state index in [1.165, 1.54) is 0 Å². The molecule has 5 heteroatoms. The molecular weight excluding hydrogens is 328 g/mol. The van der Waals surface area contributed by atoms with E-state index < -0.39 is 0 Å². The molecule has 1 aromatic heterocycles. The highest BCUT2D eigenvalue weighted by Crippen LogP contribution is 2.30. The average Bonchev–Trinajstić information content (AvgIpc) is 2.39. The Kier molecular flexibility index (Phi) is 4.77. The van der Waals surface area contributed by atoms with Gasteiger partial charge in [0.1, 0.15) is 16.2 Å². The first-order chi connectivity index (χ1) is 9.13. The van der Waals surface area contributed by atoms with Crippen LogP contribution in [0, 0.1) is 0 Å². The summed E-state index contributed by atoms with van der Waals surface area (Å²) < 4.78 is 6.01. The van der Waals surface area contributed by atoms with Gasteiger partial charge in [-0.25, -0.2) is 9.97 Å². The minimum atomic E-state index is 0.591. The normalized spacial score (nSPS) is 10.5. The molecule has 0 saturated heterocycles. The fourth-order valence-electron chi connectivity index (χ4n) is 1.77. The summed E-state index contributed by atoms with van der Waals surface area (Å²) in [4.78, 5) is 8.92. The van der Waals surface area contributed by atoms with Crippen molar-refractivity contribution in [1.29, 1.82) is 0 Å². The molecule has 0 bridgehead atoms. The third kappa shape index (κ3) is 3.45. The van der Waals surface area contributed by atoms with Gasteiger partial charge < -0.3 is 4.74 Å². The second kappa shape index (κ2) is 6.35. The Hall–Kier alpha value is -1.13. The van der Waals surface area contributed by atoms with E-state index in [1.807, 2.05) is 24.3 Å². The van der Waals surface area contributed by atoms with Crippen LogP contribution in [-0.4, -0.2) is 17.1 Å². The summed E-state index contributed by atoms with van der Waals surface area (Å²) >= 11 is 9.45. The molecule has 0 atom stereocenters. The Morgan fingerprint density at radius 3 is 2.74 bits per heavy atom. The Labute approximate surface area is 126 Å². The number of aromatic nitrogens is 2. The molecular formula is C14H14BrClN2O. The van der Waals surface area contributed by atoms with Gasteiger partial charge in [-0.15, -0.1) is 0 Å². The van der Waals surface area contributed by atoms with Gasteiger partial charge in [-0.05, 0) is 40.5 Å². The first-order valence-electron chi connectivity index (χ1n) is 6.01. The number of hydrogen-bond acceptors (Lipinski definition) is 3. The highest BCUT2D eigenvalue weighted by atomic mass is 79.9. The number of nitrogens with zero attached hydrogens (tertiary/aromatic N) is 2. The molecule has 1 aromatic carbocycles. The monoisotopic (exact) mass is 340 g/mol. The standard InChI is InChI=1S/C14H14BrClN2O/c1-3-4-14-17-11(8-13(15)18-14)9-5-6-10(16)12(7-9)19-2/h5-8H,3-4H2,1-2H3. The van der Waals surface area contributed by atoms with Crippen LogP contribution in [-0.2, 0) is 6.42 Å². The van der Waals surface area contributed by atoms with Crippen LogP contribution >= 0.6 is 27.5 Å². The van der Waals surface area contributed by atoms with E-state index in [0.717, 1.165) is 34.5 Å². The molecule has 0 amide bonds. The highest BCUT2D eigenvalue weighted by molar-refractivity contribution is 9.10. The molecule has 0 radical (unpaired) electrons. The van der Waals surface area contributed by atoms with Crippen LogP contribution in [0.2, 0.25) is 5.02 Å². The van der Waals surface area contributed by atoms with E-state index >= 15 is 0 Å². The predicted octanol–water partition coefficient (Wildman–Crippen LogP) is 4.52. The maximum atomic E-state index is 6.03. The Morgan fingerprint density at radius 2 is 2.05 bits per heavy atom. The molecule has 0 aliphatic rings. The van der Waals surface area contributed by atoms with Crippen molar-refractivity contribution in [2.24, 2.45) is 0 Å². The molecule has 0 aliphatic heterocycles. The summed E-state index contributed by atoms with van der Waals surface area (Å²) in [6.07, 6.45) is 1.87. The minimum Gasteiger partial charge on any atom is -0.495 e. The molecule has 0 N–H and O–H groups in total. The van der Waals surface area contributed by atoms with Gasteiger partial charge in [0.25, 0.3) is 0 Å². The molecule has 0 fully saturated rings. The first kappa shape index (κ1) is 14.3. The largest absolute Gasteiger partial charge is 0.495 e. The van der Waals surface area contributed by atoms with E-state index in [9.17, 15) is 0 Å². The van der Waals surface area contributed by atoms with Crippen molar-refractivity contribution in [2.45, 2.75) is 19.8 Å². The van der Waals surface area contributed by atoms with E-state index in [0.29, 0.717) is 10.8 Å². The van der Waals surface area contributed by atoms with Gasteiger partial charge >= 0.3 is 0 Å². The smallest absolute Gasteiger partial charge is 0.138 e. The molecule has 2 rings (SSSR count). The molecule has 3 nitrogen and oxygen atoms in total. The van der Waals surface area contributed by atoms with Gasteiger partial charge in [0.15, 0.2) is 0 Å². The lowest BCUT2D eigenvalue weighted by molar-refractivity contribution is 0.415. The van der Waals surface area contributed by atoms with Gasteiger partial charge in [0.05, 0.1) is 17.8 Å². The Morgan fingerprint density at radius 1 is 1.26 bits per heavy atom. The van der Waals surface area contributed by atoms with Crippen molar-refractivity contribution in [1.82, 2.24) is 9.97 Å². The molecule has 2 aromatic rings. The van der Waals surface area contributed by atoms with Crippen LogP contribution in [0.4, 0.5) is 0 Å². The maximum absolute atomic E-state index is 6.03. The molecule has 100 valence electrons. The van der Waals surface area contributed by atoms with E-state index in [4.69, 9.17) is 16.3 Å². The lowest BCUT2D eigenvalue weighted by atomic mass is 10.1. The number of halogens is 2. The van der Waals surface area contributed by atoms with E-state index in [2.05, 4.69) is 32.8 Å². The van der Waals surface area contributed by atoms with Crippen molar-refractivity contribution >= 4 is 27.5 Å². The van der Waals surface area contributed by atoms with Gasteiger partial charge in [-0.2, -0.15) is 0 Å². The van der Waals surface area contributed by atoms with Gasteiger partial charge in [-0.1, -0.05) is 24.6 Å². The average molecular weight is 342 g/mol. The van der Waals surface area contributed by atoms with Crippen LogP contribution < -0.4 is 4.74 Å². The van der Waals surface area contributed by atoms with Crippen LogP contribution in [0.3, 0.4) is 0 Å². The van der Waals surface area contributed by atoms with Crippen molar-refractivity contribution < 1.29 is 4.74 Å². The Balaban J connectivity index is 2.46. The molecule has 0 aliphatic carbocycles. The van der Waals surface area contributed by atoms with Crippen molar-refractivity contribution in [3.05, 3.63) is 39.7 Å². The number of methoxy groups -OCH3 is 1. The topological polar surface area (TPSA) is 35.0 Å². The van der Waals surface area contributed by atoms with Crippen LogP contribution in [0.25, 0.3) is 11.3 Å². The molecule has 0 saturated carbocycles. The minimum absolute atomic E-state index is 0.591. The molecule has 0 spiro atoms. The second-order valence-electron chi connectivity index (χ2n) is 4.09. The zero-order chi connectivity index (χ0) is 13.8. The van der Waals surface area contributed by atoms with E-state index in [-0.39, 0.29) is 0 Å². The quantitative estimate of drug-likeness (QED) is 0.767. The van der Waals surface area contributed by atoms with Gasteiger partial charge in [0.2, 0.25) is 0 Å². The third-order valence-corrected chi connectivity index (χ3v) is 3.38. The first-order valence-corrected chi connectivity index (χ1v) is 7.18. The third-order valence-electron chi connectivity index (χ3n) is 2.66. The molecule has 0 unspecified atom stereocenters. The summed E-state index contributed by atoms with van der Waals surface area (Å²) in [7, 11) is 1.60. The van der Waals surface area contributed by atoms with Gasteiger partial charge in [0, 0.05) is 12.0 Å². The SMILES string of the molecule is CCCc1nc(Br)cc(-c2ccc(Cl)c(OC)c2)n1. The summed E-state index contributed by atoms with van der Waals surface area (Å²) in [5.74, 6) is 1.48. The maximum Gasteiger partial charge on any atom is 0.138 e. The zero-order valence-electron chi connectivity index (χ0n) is 10.8. The number of benzene rings is 1. The van der Waals surface area contributed by atoms with Crippen LogP contribution in [0.5, 0.6) is 5.75 Å². The van der Waals surface area contributed by atoms with Crippen molar-refractivity contribution in [3.63, 3.8) is 0 Å². The fourth-order valence-corrected chi connectivity index (χ4v) is 2.38. The Bertz CT molecular complexity index is 590. The van der Waals surface area contributed by atoms with Gasteiger partial charge in [-0.3, -0.25) is 0 Å². The predicted molar refractivity (Wildman–Crippen MR) is 80.7 cm³/mol. The summed E-state index contributed by atoms with van der Waals surface area (Å²) in [6.45, 7) is 2.11. The fraction of sp³-hybridized carbons (Fsp3) is 0.286. The van der Waals surface area contributed by atoms with Crippen molar-refractivity contribution in [2.75, 3.05) is 7.11 Å². The van der Waals surface area contributed by atoms with Crippen LogP contribution in [0.1, 0.15) is 19.2 Å². The highest BCUT2D eigenvalue weighted by Gasteiger charge is 2.08. The van der Waals surface area contributed by atoms with Crippen LogP contribution in [0.15, 0.2) is 28.9 Å². The molecule has 1 heterocycles. The number of rotatable bonds is 4. The van der Waals surface area contributed by atoms with Crippen molar-refractivity contribution in [3.8, 4) is 17.0 Å². The number of hydrogen-bond donors (Lipinski definition) is 0. The summed E-state index contributed by atoms with van der Waals surface area (Å²) in [5.41, 5.74) is 1.82. The number of ether oxygens (including phenoxy) is 1. The number of aryl methyl sites for hydroxylation is 1. The summed E-state index contributed by atoms with van der Waals surface area (Å²) in [5, 5.41) is 0.591. The zero-order valence-corrected chi connectivity index (χ0v) is 13.1. The second-order valence-corrected chi connectivity index (χ2v) is 5.31. The lowest BCUT2D eigenvalue weighted by Gasteiger charge is -2.08. The lowest BCUT2D eigenvalue weighted by Crippen LogP contribution is -1.97.